The van der Waals surface area contributed by atoms with Gasteiger partial charge in [0.1, 0.15) is 0 Å². The largest absolute Gasteiger partial charge is 0.355 e. The van der Waals surface area contributed by atoms with Gasteiger partial charge in [-0.2, -0.15) is 11.8 Å². The smallest absolute Gasteiger partial charge is 0.227 e. The summed E-state index contributed by atoms with van der Waals surface area (Å²) < 4.78 is 0. The Balaban J connectivity index is 1.85. The normalized spacial score (nSPS) is 29.7. The lowest BCUT2D eigenvalue weighted by Crippen LogP contribution is -2.47. The van der Waals surface area contributed by atoms with Gasteiger partial charge < -0.3 is 10.6 Å². The van der Waals surface area contributed by atoms with Crippen LogP contribution in [0.5, 0.6) is 0 Å². The van der Waals surface area contributed by atoms with Crippen molar-refractivity contribution >= 4 is 17.7 Å². The third kappa shape index (κ3) is 3.02. The minimum atomic E-state index is -0.163. The van der Waals surface area contributed by atoms with Crippen molar-refractivity contribution in [1.82, 2.24) is 10.6 Å². The van der Waals surface area contributed by atoms with Crippen molar-refractivity contribution in [1.29, 1.82) is 0 Å². The molecular formula is C14H26N2OS. The summed E-state index contributed by atoms with van der Waals surface area (Å²) in [5.74, 6) is 3.92. The molecule has 2 rings (SSSR count). The minimum Gasteiger partial charge on any atom is -0.355 e. The van der Waals surface area contributed by atoms with E-state index in [0.29, 0.717) is 11.8 Å². The molecule has 0 bridgehead atoms. The van der Waals surface area contributed by atoms with E-state index in [-0.39, 0.29) is 11.3 Å². The van der Waals surface area contributed by atoms with Crippen molar-refractivity contribution in [2.24, 2.45) is 17.3 Å². The van der Waals surface area contributed by atoms with Crippen molar-refractivity contribution in [3.63, 3.8) is 0 Å². The summed E-state index contributed by atoms with van der Waals surface area (Å²) in [6.07, 6.45) is 3.51. The predicted molar refractivity (Wildman–Crippen MR) is 77.8 cm³/mol. The van der Waals surface area contributed by atoms with Crippen molar-refractivity contribution in [2.45, 2.75) is 33.1 Å². The molecule has 18 heavy (non-hydrogen) atoms. The Kier molecular flexibility index (Phi) is 4.96. The van der Waals surface area contributed by atoms with E-state index in [1.165, 1.54) is 24.3 Å². The van der Waals surface area contributed by atoms with Gasteiger partial charge in [-0.3, -0.25) is 4.79 Å². The van der Waals surface area contributed by atoms with Crippen LogP contribution < -0.4 is 10.6 Å². The molecule has 3 nitrogen and oxygen atoms in total. The number of rotatable bonds is 4. The summed E-state index contributed by atoms with van der Waals surface area (Å²) in [6, 6.07) is 0. The van der Waals surface area contributed by atoms with E-state index in [1.54, 1.807) is 0 Å². The van der Waals surface area contributed by atoms with Crippen molar-refractivity contribution < 1.29 is 4.79 Å². The zero-order chi connectivity index (χ0) is 13.0. The second-order valence-corrected chi connectivity index (χ2v) is 7.23. The molecule has 0 radical (unpaired) electrons. The fraction of sp³-hybridized carbons (Fsp3) is 0.929. The number of hydrogen-bond acceptors (Lipinski definition) is 3. The Hall–Kier alpha value is -0.220. The molecule has 1 amide bonds. The monoisotopic (exact) mass is 270 g/mol. The highest BCUT2D eigenvalue weighted by Gasteiger charge is 2.43. The molecule has 0 aliphatic carbocycles. The highest BCUT2D eigenvalue weighted by atomic mass is 32.2. The van der Waals surface area contributed by atoms with Gasteiger partial charge in [0, 0.05) is 13.1 Å². The Labute approximate surface area is 115 Å². The first-order valence-electron chi connectivity index (χ1n) is 7.22. The number of carbonyl (C=O) groups excluding carboxylic acids is 1. The van der Waals surface area contributed by atoms with Gasteiger partial charge in [-0.05, 0) is 49.1 Å². The van der Waals surface area contributed by atoms with Crippen LogP contribution in [0.15, 0.2) is 0 Å². The molecule has 2 aliphatic rings. The standard InChI is InChI=1S/C14H26N2OS/c1-11(2)14(5-6-15-10-14)13(17)16-9-12-3-7-18-8-4-12/h11-12,15H,3-10H2,1-2H3,(H,16,17). The molecule has 104 valence electrons. The zero-order valence-corrected chi connectivity index (χ0v) is 12.4. The van der Waals surface area contributed by atoms with E-state index in [2.05, 4.69) is 24.5 Å². The van der Waals surface area contributed by atoms with Crippen LogP contribution in [0.2, 0.25) is 0 Å². The van der Waals surface area contributed by atoms with Gasteiger partial charge in [0.05, 0.1) is 5.41 Å². The Morgan fingerprint density at radius 3 is 2.72 bits per heavy atom. The van der Waals surface area contributed by atoms with Gasteiger partial charge in [-0.15, -0.1) is 0 Å². The summed E-state index contributed by atoms with van der Waals surface area (Å²) in [4.78, 5) is 12.5. The summed E-state index contributed by atoms with van der Waals surface area (Å²) in [5, 5.41) is 6.58. The van der Waals surface area contributed by atoms with Crippen molar-refractivity contribution in [3.8, 4) is 0 Å². The molecule has 1 atom stereocenters. The van der Waals surface area contributed by atoms with Gasteiger partial charge in [0.25, 0.3) is 0 Å². The van der Waals surface area contributed by atoms with E-state index in [9.17, 15) is 4.79 Å². The van der Waals surface area contributed by atoms with Crippen LogP contribution >= 0.6 is 11.8 Å². The number of hydrogen-bond donors (Lipinski definition) is 2. The van der Waals surface area contributed by atoms with Crippen molar-refractivity contribution in [3.05, 3.63) is 0 Å². The van der Waals surface area contributed by atoms with Gasteiger partial charge in [0.15, 0.2) is 0 Å². The van der Waals surface area contributed by atoms with E-state index >= 15 is 0 Å². The lowest BCUT2D eigenvalue weighted by Gasteiger charge is -2.32. The number of thioether (sulfide) groups is 1. The van der Waals surface area contributed by atoms with E-state index in [1.807, 2.05) is 11.8 Å². The second kappa shape index (κ2) is 6.29. The van der Waals surface area contributed by atoms with E-state index in [0.717, 1.165) is 26.1 Å². The lowest BCUT2D eigenvalue weighted by molar-refractivity contribution is -0.132. The first kappa shape index (κ1) is 14.2. The maximum absolute atomic E-state index is 12.5. The SMILES string of the molecule is CC(C)C1(C(=O)NCC2CCSCC2)CCNC1. The van der Waals surface area contributed by atoms with Crippen LogP contribution in [0.25, 0.3) is 0 Å². The third-order valence-corrected chi connectivity index (χ3v) is 5.69. The first-order valence-corrected chi connectivity index (χ1v) is 8.37. The Morgan fingerprint density at radius 1 is 1.44 bits per heavy atom. The molecule has 2 heterocycles. The molecule has 0 aromatic rings. The molecule has 2 N–H and O–H groups in total. The summed E-state index contributed by atoms with van der Waals surface area (Å²) >= 11 is 2.04. The van der Waals surface area contributed by atoms with Gasteiger partial charge in [0.2, 0.25) is 5.91 Å². The quantitative estimate of drug-likeness (QED) is 0.819. The molecule has 0 aromatic heterocycles. The zero-order valence-electron chi connectivity index (χ0n) is 11.6. The van der Waals surface area contributed by atoms with Crippen LogP contribution in [-0.4, -0.2) is 37.0 Å². The summed E-state index contributed by atoms with van der Waals surface area (Å²) in [7, 11) is 0. The van der Waals surface area contributed by atoms with Crippen LogP contribution in [0.4, 0.5) is 0 Å². The molecule has 4 heteroatoms. The van der Waals surface area contributed by atoms with Crippen molar-refractivity contribution in [2.75, 3.05) is 31.1 Å². The van der Waals surface area contributed by atoms with E-state index in [4.69, 9.17) is 0 Å². The van der Waals surface area contributed by atoms with Crippen LogP contribution in [0, 0.1) is 17.3 Å². The van der Waals surface area contributed by atoms with Crippen LogP contribution in [0.3, 0.4) is 0 Å². The predicted octanol–water partition coefficient (Wildman–Crippen LogP) is 1.88. The Bertz CT molecular complexity index is 282. The third-order valence-electron chi connectivity index (χ3n) is 4.64. The highest BCUT2D eigenvalue weighted by Crippen LogP contribution is 2.34. The second-order valence-electron chi connectivity index (χ2n) is 6.00. The fourth-order valence-electron chi connectivity index (χ4n) is 3.02. The molecular weight excluding hydrogens is 244 g/mol. The number of carbonyl (C=O) groups is 1. The maximum atomic E-state index is 12.5. The molecule has 1 unspecified atom stereocenters. The van der Waals surface area contributed by atoms with Gasteiger partial charge in [-0.25, -0.2) is 0 Å². The maximum Gasteiger partial charge on any atom is 0.227 e. The lowest BCUT2D eigenvalue weighted by atomic mass is 9.75. The number of amides is 1. The summed E-state index contributed by atoms with van der Waals surface area (Å²) in [6.45, 7) is 7.05. The molecule has 2 aliphatic heterocycles. The Morgan fingerprint density at radius 2 is 2.17 bits per heavy atom. The molecule has 0 spiro atoms. The molecule has 0 aromatic carbocycles. The average Bonchev–Trinajstić information content (AvgIpc) is 2.88. The van der Waals surface area contributed by atoms with Crippen LogP contribution in [-0.2, 0) is 4.79 Å². The van der Waals surface area contributed by atoms with Gasteiger partial charge >= 0.3 is 0 Å². The average molecular weight is 270 g/mol. The highest BCUT2D eigenvalue weighted by molar-refractivity contribution is 7.99. The topological polar surface area (TPSA) is 41.1 Å². The summed E-state index contributed by atoms with van der Waals surface area (Å²) in [5.41, 5.74) is -0.163. The minimum absolute atomic E-state index is 0.163. The molecule has 0 saturated carbocycles. The van der Waals surface area contributed by atoms with Gasteiger partial charge in [-0.1, -0.05) is 13.8 Å². The molecule has 2 saturated heterocycles. The fourth-order valence-corrected chi connectivity index (χ4v) is 4.23. The van der Waals surface area contributed by atoms with E-state index < -0.39 is 0 Å². The number of nitrogens with one attached hydrogen (secondary N) is 2. The van der Waals surface area contributed by atoms with Crippen LogP contribution in [0.1, 0.15) is 33.1 Å². The first-order chi connectivity index (χ1) is 8.65. The molecule has 2 fully saturated rings.